The largest absolute Gasteiger partial charge is 0.507 e. The molecule has 1 aliphatic heterocycles. The molecule has 1 heterocycles. The van der Waals surface area contributed by atoms with Crippen LogP contribution in [0, 0.1) is 5.92 Å². The van der Waals surface area contributed by atoms with E-state index < -0.39 is 0 Å². The number of likely N-dealkylation sites (tertiary alicyclic amines) is 1. The number of rotatable bonds is 3. The van der Waals surface area contributed by atoms with Gasteiger partial charge in [-0.25, -0.2) is 0 Å². The second-order valence-corrected chi connectivity index (χ2v) is 5.89. The van der Waals surface area contributed by atoms with E-state index in [9.17, 15) is 9.90 Å². The zero-order valence-electron chi connectivity index (χ0n) is 11.0. The molecule has 1 aromatic carbocycles. The van der Waals surface area contributed by atoms with Crippen molar-refractivity contribution in [2.24, 2.45) is 5.92 Å². The molecule has 1 atom stereocenters. The first-order valence-electron chi connectivity index (χ1n) is 6.54. The summed E-state index contributed by atoms with van der Waals surface area (Å²) in [6.45, 7) is 2.46. The lowest BCUT2D eigenvalue weighted by Gasteiger charge is -2.32. The van der Waals surface area contributed by atoms with E-state index in [1.807, 2.05) is 11.9 Å². The lowest BCUT2D eigenvalue weighted by Crippen LogP contribution is -2.42. The number of phenolic OH excluding ortho intramolecular Hbond substituents is 1. The number of hydrogen-bond acceptors (Lipinski definition) is 3. The van der Waals surface area contributed by atoms with Crippen LogP contribution in [0.5, 0.6) is 5.75 Å². The predicted octanol–water partition coefficient (Wildman–Crippen LogP) is 2.23. The predicted molar refractivity (Wildman–Crippen MR) is 78.4 cm³/mol. The first-order valence-corrected chi connectivity index (χ1v) is 7.33. The van der Waals surface area contributed by atoms with Gasteiger partial charge in [0.05, 0.1) is 5.56 Å². The minimum atomic E-state index is -0.0780. The van der Waals surface area contributed by atoms with Gasteiger partial charge in [-0.2, -0.15) is 0 Å². The molecule has 104 valence electrons. The quantitative estimate of drug-likeness (QED) is 0.895. The number of nitrogens with zero attached hydrogens (tertiary/aromatic N) is 1. The third-order valence-corrected chi connectivity index (χ3v) is 3.98. The highest BCUT2D eigenvalue weighted by atomic mass is 79.9. The molecule has 0 saturated carbocycles. The van der Waals surface area contributed by atoms with Gasteiger partial charge in [0.25, 0.3) is 5.91 Å². The Morgan fingerprint density at radius 1 is 1.58 bits per heavy atom. The number of aromatic hydroxyl groups is 1. The zero-order valence-corrected chi connectivity index (χ0v) is 12.6. The number of phenols is 1. The van der Waals surface area contributed by atoms with Crippen molar-refractivity contribution >= 4 is 21.8 Å². The lowest BCUT2D eigenvalue weighted by molar-refractivity contribution is 0.0671. The molecule has 1 aliphatic rings. The molecule has 2 N–H and O–H groups in total. The fraction of sp³-hybridized carbons (Fsp3) is 0.500. The van der Waals surface area contributed by atoms with Crippen LogP contribution >= 0.6 is 15.9 Å². The summed E-state index contributed by atoms with van der Waals surface area (Å²) in [7, 11) is 1.93. The molecule has 1 saturated heterocycles. The first kappa shape index (κ1) is 14.3. The summed E-state index contributed by atoms with van der Waals surface area (Å²) in [5.74, 6) is 0.459. The van der Waals surface area contributed by atoms with Crippen molar-refractivity contribution in [3.63, 3.8) is 0 Å². The van der Waals surface area contributed by atoms with Gasteiger partial charge < -0.3 is 15.3 Å². The third kappa shape index (κ3) is 3.48. The highest BCUT2D eigenvalue weighted by Gasteiger charge is 2.25. The van der Waals surface area contributed by atoms with Crippen molar-refractivity contribution in [3.05, 3.63) is 28.2 Å². The van der Waals surface area contributed by atoms with Crippen LogP contribution in [0.3, 0.4) is 0 Å². The third-order valence-electron chi connectivity index (χ3n) is 3.49. The van der Waals surface area contributed by atoms with Crippen molar-refractivity contribution in [3.8, 4) is 5.75 Å². The maximum Gasteiger partial charge on any atom is 0.257 e. The summed E-state index contributed by atoms with van der Waals surface area (Å²) >= 11 is 3.28. The van der Waals surface area contributed by atoms with E-state index in [2.05, 4.69) is 21.2 Å². The number of carbonyl (C=O) groups is 1. The Bertz CT molecular complexity index is 463. The van der Waals surface area contributed by atoms with Crippen molar-refractivity contribution in [2.45, 2.75) is 12.8 Å². The number of carbonyl (C=O) groups excluding carboxylic acids is 1. The van der Waals surface area contributed by atoms with Crippen LogP contribution in [0.4, 0.5) is 0 Å². The maximum absolute atomic E-state index is 12.4. The van der Waals surface area contributed by atoms with Gasteiger partial charge in [-0.05, 0) is 50.6 Å². The van der Waals surface area contributed by atoms with Crippen molar-refractivity contribution in [1.82, 2.24) is 10.2 Å². The van der Waals surface area contributed by atoms with E-state index in [-0.39, 0.29) is 11.7 Å². The normalized spacial score (nSPS) is 19.5. The molecule has 2 rings (SSSR count). The molecule has 0 bridgehead atoms. The monoisotopic (exact) mass is 326 g/mol. The van der Waals surface area contributed by atoms with Gasteiger partial charge in [-0.1, -0.05) is 15.9 Å². The van der Waals surface area contributed by atoms with Gasteiger partial charge in [-0.3, -0.25) is 4.79 Å². The van der Waals surface area contributed by atoms with Crippen LogP contribution in [0.2, 0.25) is 0 Å². The smallest absolute Gasteiger partial charge is 0.257 e. The van der Waals surface area contributed by atoms with Crippen molar-refractivity contribution in [1.29, 1.82) is 0 Å². The summed E-state index contributed by atoms with van der Waals surface area (Å²) in [5.41, 5.74) is 0.383. The summed E-state index contributed by atoms with van der Waals surface area (Å²) in [5, 5.41) is 13.0. The summed E-state index contributed by atoms with van der Waals surface area (Å²) < 4.78 is 0.772. The molecule has 0 spiro atoms. The number of piperidine rings is 1. The van der Waals surface area contributed by atoms with E-state index >= 15 is 0 Å². The molecule has 5 heteroatoms. The fourth-order valence-electron chi connectivity index (χ4n) is 2.56. The Labute approximate surface area is 121 Å². The van der Waals surface area contributed by atoms with E-state index in [1.165, 1.54) is 0 Å². The average Bonchev–Trinajstić information content (AvgIpc) is 2.39. The molecular weight excluding hydrogens is 308 g/mol. The minimum Gasteiger partial charge on any atom is -0.507 e. The Kier molecular flexibility index (Phi) is 4.82. The van der Waals surface area contributed by atoms with Crippen LogP contribution in [0.15, 0.2) is 22.7 Å². The van der Waals surface area contributed by atoms with Gasteiger partial charge >= 0.3 is 0 Å². The molecule has 1 unspecified atom stereocenters. The Morgan fingerprint density at radius 3 is 3.05 bits per heavy atom. The molecule has 1 amide bonds. The van der Waals surface area contributed by atoms with Crippen LogP contribution in [-0.2, 0) is 0 Å². The highest BCUT2D eigenvalue weighted by molar-refractivity contribution is 9.10. The summed E-state index contributed by atoms with van der Waals surface area (Å²) in [6.07, 6.45) is 2.17. The second kappa shape index (κ2) is 6.39. The highest BCUT2D eigenvalue weighted by Crippen LogP contribution is 2.25. The van der Waals surface area contributed by atoms with Crippen molar-refractivity contribution in [2.75, 3.05) is 26.7 Å². The van der Waals surface area contributed by atoms with E-state index in [4.69, 9.17) is 0 Å². The molecule has 1 fully saturated rings. The Morgan fingerprint density at radius 2 is 2.37 bits per heavy atom. The second-order valence-electron chi connectivity index (χ2n) is 4.98. The summed E-state index contributed by atoms with van der Waals surface area (Å²) in [6, 6.07) is 5.01. The number of amides is 1. The van der Waals surface area contributed by atoms with Gasteiger partial charge in [0.15, 0.2) is 0 Å². The van der Waals surface area contributed by atoms with Gasteiger partial charge in [-0.15, -0.1) is 0 Å². The number of hydrogen-bond donors (Lipinski definition) is 2. The van der Waals surface area contributed by atoms with Gasteiger partial charge in [0.2, 0.25) is 0 Å². The minimum absolute atomic E-state index is 0.0371. The topological polar surface area (TPSA) is 52.6 Å². The lowest BCUT2D eigenvalue weighted by atomic mass is 9.97. The van der Waals surface area contributed by atoms with Crippen molar-refractivity contribution < 1.29 is 9.90 Å². The number of halogens is 1. The van der Waals surface area contributed by atoms with E-state index in [1.54, 1.807) is 18.2 Å². The Hall–Kier alpha value is -1.07. The maximum atomic E-state index is 12.4. The van der Waals surface area contributed by atoms with Crippen LogP contribution in [0.25, 0.3) is 0 Å². The summed E-state index contributed by atoms with van der Waals surface area (Å²) in [4.78, 5) is 14.3. The molecule has 0 aliphatic carbocycles. The number of benzene rings is 1. The van der Waals surface area contributed by atoms with E-state index in [0.29, 0.717) is 11.5 Å². The van der Waals surface area contributed by atoms with Crippen LogP contribution < -0.4 is 5.32 Å². The van der Waals surface area contributed by atoms with Gasteiger partial charge in [0, 0.05) is 17.6 Å². The molecule has 0 radical (unpaired) electrons. The standard InChI is InChI=1S/C14H19BrN2O2/c1-16-8-10-3-2-6-17(9-10)14(19)12-5-4-11(15)7-13(12)18/h4-5,7,10,16,18H,2-3,6,8-9H2,1H3. The average molecular weight is 327 g/mol. The molecule has 4 nitrogen and oxygen atoms in total. The Balaban J connectivity index is 2.10. The van der Waals surface area contributed by atoms with Crippen LogP contribution in [0.1, 0.15) is 23.2 Å². The molecule has 19 heavy (non-hydrogen) atoms. The first-order chi connectivity index (χ1) is 9.11. The molecular formula is C14H19BrN2O2. The van der Waals surface area contributed by atoms with Crippen LogP contribution in [-0.4, -0.2) is 42.6 Å². The van der Waals surface area contributed by atoms with E-state index in [0.717, 1.165) is 36.9 Å². The fourth-order valence-corrected chi connectivity index (χ4v) is 2.91. The molecule has 0 aromatic heterocycles. The zero-order chi connectivity index (χ0) is 13.8. The van der Waals surface area contributed by atoms with Gasteiger partial charge in [0.1, 0.15) is 5.75 Å². The molecule has 1 aromatic rings. The number of nitrogens with one attached hydrogen (secondary N) is 1. The SMILES string of the molecule is CNCC1CCCN(C(=O)c2ccc(Br)cc2O)C1.